The smallest absolute Gasteiger partial charge is 0.119 e. The van der Waals surface area contributed by atoms with Gasteiger partial charge in [-0.3, -0.25) is 0 Å². The third kappa shape index (κ3) is 6.54. The van der Waals surface area contributed by atoms with Crippen LogP contribution in [0.2, 0.25) is 0 Å². The lowest BCUT2D eigenvalue weighted by Crippen LogP contribution is -2.22. The average molecular weight is 602 g/mol. The Morgan fingerprint density at radius 3 is 0.907 bits per heavy atom. The molecule has 6 aromatic rings. The first-order chi connectivity index (χ1) is 21.0. The summed E-state index contributed by atoms with van der Waals surface area (Å²) in [7, 11) is 1.66. The Hall–Kier alpha value is -4.30. The summed E-state index contributed by atoms with van der Waals surface area (Å²) in [4.78, 5) is -1.37. The fourth-order valence-corrected chi connectivity index (χ4v) is 6.03. The first-order valence-electron chi connectivity index (χ1n) is 14.3. The van der Waals surface area contributed by atoms with Crippen LogP contribution in [0.15, 0.2) is 170 Å². The molecule has 0 radical (unpaired) electrons. The topological polar surface area (TPSA) is 9.23 Å². The number of aryl methyl sites for hydroxylation is 1. The molecule has 0 saturated carbocycles. The van der Waals surface area contributed by atoms with Gasteiger partial charge in [-0.2, -0.15) is 0 Å². The summed E-state index contributed by atoms with van der Waals surface area (Å²) in [5, 5.41) is 0. The van der Waals surface area contributed by atoms with E-state index in [9.17, 15) is 0 Å². The molecule has 0 fully saturated rings. The van der Waals surface area contributed by atoms with E-state index in [1.165, 1.54) is 5.56 Å². The number of hydrogen-bond acceptors (Lipinski definition) is 1. The fourth-order valence-electron chi connectivity index (χ4n) is 5.28. The zero-order valence-corrected chi connectivity index (χ0v) is 25.8. The first-order valence-corrected chi connectivity index (χ1v) is 15.0. The molecule has 3 heteroatoms. The van der Waals surface area contributed by atoms with Gasteiger partial charge in [-0.05, 0) is 52.4 Å². The highest BCUT2D eigenvalue weighted by Crippen LogP contribution is 2.44. The summed E-state index contributed by atoms with van der Waals surface area (Å²) in [6, 6.07) is 57.1. The fraction of sp³-hybridized carbons (Fsp3) is 0.100. The van der Waals surface area contributed by atoms with Crippen LogP contribution in [0.1, 0.15) is 38.9 Å². The van der Waals surface area contributed by atoms with E-state index in [0.717, 1.165) is 39.1 Å². The molecule has 0 saturated heterocycles. The van der Waals surface area contributed by atoms with Gasteiger partial charge in [0, 0.05) is 0 Å². The Labute approximate surface area is 265 Å². The summed E-state index contributed by atoms with van der Waals surface area (Å²) < 4.78 is 5.25. The summed E-state index contributed by atoms with van der Waals surface area (Å²) >= 11 is 14.3. The lowest BCUT2D eigenvalue weighted by molar-refractivity contribution is 0.414. The third-order valence-electron chi connectivity index (χ3n) is 7.62. The van der Waals surface area contributed by atoms with Crippen molar-refractivity contribution in [3.63, 3.8) is 0 Å². The molecule has 0 spiro atoms. The van der Waals surface area contributed by atoms with Crippen LogP contribution in [0.25, 0.3) is 0 Å². The van der Waals surface area contributed by atoms with Crippen LogP contribution in [0.4, 0.5) is 0 Å². The molecule has 0 N–H and O–H groups in total. The number of methoxy groups -OCH3 is 1. The Morgan fingerprint density at radius 1 is 0.372 bits per heavy atom. The van der Waals surface area contributed by atoms with Crippen molar-refractivity contribution in [2.45, 2.75) is 16.7 Å². The van der Waals surface area contributed by atoms with Gasteiger partial charge in [-0.15, -0.1) is 23.2 Å². The van der Waals surface area contributed by atoms with Gasteiger partial charge in [-0.1, -0.05) is 163 Å². The lowest BCUT2D eigenvalue weighted by atomic mass is 9.84. The number of benzene rings is 6. The van der Waals surface area contributed by atoms with Crippen molar-refractivity contribution in [3.8, 4) is 5.75 Å². The number of halogens is 2. The highest BCUT2D eigenvalue weighted by atomic mass is 35.5. The lowest BCUT2D eigenvalue weighted by Gasteiger charge is -2.29. The van der Waals surface area contributed by atoms with E-state index in [4.69, 9.17) is 27.9 Å². The second-order valence-electron chi connectivity index (χ2n) is 10.4. The van der Waals surface area contributed by atoms with Crippen molar-refractivity contribution in [2.75, 3.05) is 7.11 Å². The molecule has 0 heterocycles. The monoisotopic (exact) mass is 600 g/mol. The van der Waals surface area contributed by atoms with E-state index in [0.29, 0.717) is 0 Å². The molecule has 0 amide bonds. The quantitative estimate of drug-likeness (QED) is 0.131. The van der Waals surface area contributed by atoms with Gasteiger partial charge in [0.2, 0.25) is 0 Å². The van der Waals surface area contributed by atoms with Gasteiger partial charge in [-0.25, -0.2) is 0 Å². The molecule has 0 aromatic heterocycles. The van der Waals surface area contributed by atoms with Crippen LogP contribution in [0.3, 0.4) is 0 Å². The summed E-state index contributed by atoms with van der Waals surface area (Å²) in [5.41, 5.74) is 7.61. The molecule has 6 aromatic carbocycles. The summed E-state index contributed by atoms with van der Waals surface area (Å²) in [6.07, 6.45) is 0. The van der Waals surface area contributed by atoms with Crippen LogP contribution in [0.5, 0.6) is 5.75 Å². The van der Waals surface area contributed by atoms with Crippen LogP contribution in [0, 0.1) is 6.92 Å². The normalized spacial score (nSPS) is 11.3. The molecule has 0 bridgehead atoms. The van der Waals surface area contributed by atoms with Crippen LogP contribution in [-0.4, -0.2) is 7.11 Å². The summed E-state index contributed by atoms with van der Waals surface area (Å²) in [6.45, 7) is 2.09. The molecule has 1 nitrogen and oxygen atoms in total. The van der Waals surface area contributed by atoms with Crippen molar-refractivity contribution < 1.29 is 4.74 Å². The summed E-state index contributed by atoms with van der Waals surface area (Å²) in [5.74, 6) is 0.823. The highest BCUT2D eigenvalue weighted by molar-refractivity contribution is 6.28. The van der Waals surface area contributed by atoms with Crippen molar-refractivity contribution in [1.82, 2.24) is 0 Å². The van der Waals surface area contributed by atoms with Crippen molar-refractivity contribution in [3.05, 3.63) is 209 Å². The maximum Gasteiger partial charge on any atom is 0.119 e. The molecule has 0 aliphatic heterocycles. The molecule has 0 aliphatic rings. The molecule has 43 heavy (non-hydrogen) atoms. The average Bonchev–Trinajstić information content (AvgIpc) is 3.10. The Balaban J connectivity index is 0.000000171. The minimum Gasteiger partial charge on any atom is -0.497 e. The Morgan fingerprint density at radius 2 is 0.628 bits per heavy atom. The molecular weight excluding hydrogens is 567 g/mol. The predicted molar refractivity (Wildman–Crippen MR) is 181 cm³/mol. The zero-order chi connectivity index (χ0) is 30.1. The van der Waals surface area contributed by atoms with E-state index in [1.54, 1.807) is 7.11 Å². The standard InChI is InChI=1S/C20H17ClO.C20H17Cl/c1-22-19-14-12-18(13-15-19)20(21,16-8-4-2-5-9-16)17-10-6-3-7-11-17;1-16-12-14-19(15-13-16)20(21,17-8-4-2-5-9-17)18-10-6-3-7-11-18/h2-15H,1H3;2-15H,1H3. The third-order valence-corrected chi connectivity index (χ3v) is 8.93. The molecule has 0 unspecified atom stereocenters. The van der Waals surface area contributed by atoms with Gasteiger partial charge >= 0.3 is 0 Å². The first kappa shape index (κ1) is 30.2. The Kier molecular flexibility index (Phi) is 9.67. The minimum atomic E-state index is -0.714. The number of hydrogen-bond donors (Lipinski definition) is 0. The second-order valence-corrected chi connectivity index (χ2v) is 11.5. The van der Waals surface area contributed by atoms with E-state index in [-0.39, 0.29) is 0 Å². The molecular formula is C40H34Cl2O. The van der Waals surface area contributed by atoms with E-state index in [1.807, 2.05) is 97.1 Å². The number of ether oxygens (including phenoxy) is 1. The van der Waals surface area contributed by atoms with Crippen molar-refractivity contribution in [2.24, 2.45) is 0 Å². The largest absolute Gasteiger partial charge is 0.497 e. The van der Waals surface area contributed by atoms with E-state index in [2.05, 4.69) is 79.7 Å². The van der Waals surface area contributed by atoms with E-state index >= 15 is 0 Å². The molecule has 6 rings (SSSR count). The highest BCUT2D eigenvalue weighted by Gasteiger charge is 2.34. The number of rotatable bonds is 7. The Bertz CT molecular complexity index is 1610. The predicted octanol–water partition coefficient (Wildman–Crippen LogP) is 10.8. The number of alkyl halides is 2. The zero-order valence-electron chi connectivity index (χ0n) is 24.3. The maximum atomic E-state index is 7.17. The van der Waals surface area contributed by atoms with Crippen LogP contribution >= 0.6 is 23.2 Å². The van der Waals surface area contributed by atoms with Gasteiger partial charge in [0.05, 0.1) is 7.11 Å². The maximum absolute atomic E-state index is 7.17. The van der Waals surface area contributed by atoms with E-state index < -0.39 is 9.75 Å². The van der Waals surface area contributed by atoms with Gasteiger partial charge in [0.1, 0.15) is 15.5 Å². The van der Waals surface area contributed by atoms with Gasteiger partial charge in [0.25, 0.3) is 0 Å². The second kappa shape index (κ2) is 13.8. The molecule has 214 valence electrons. The van der Waals surface area contributed by atoms with Crippen molar-refractivity contribution in [1.29, 1.82) is 0 Å². The minimum absolute atomic E-state index is 0.657. The van der Waals surface area contributed by atoms with Crippen LogP contribution in [-0.2, 0) is 9.75 Å². The molecule has 0 aliphatic carbocycles. The molecule has 0 atom stereocenters. The SMILES string of the molecule is COc1ccc(C(Cl)(c2ccccc2)c2ccccc2)cc1.Cc1ccc(C(Cl)(c2ccccc2)c2ccccc2)cc1. The van der Waals surface area contributed by atoms with Gasteiger partial charge in [0.15, 0.2) is 0 Å². The van der Waals surface area contributed by atoms with Crippen LogP contribution < -0.4 is 4.74 Å². The van der Waals surface area contributed by atoms with Gasteiger partial charge < -0.3 is 4.74 Å². The van der Waals surface area contributed by atoms with Crippen molar-refractivity contribution >= 4 is 23.2 Å².